The first-order valence-corrected chi connectivity index (χ1v) is 8.37. The Hall–Kier alpha value is -1.95. The molecule has 0 aliphatic carbocycles. The molecule has 3 rings (SSSR count). The fraction of sp³-hybridized carbons (Fsp3) is 0.556. The normalized spacial score (nSPS) is 25.0. The molecule has 130 valence electrons. The Morgan fingerprint density at radius 2 is 1.96 bits per heavy atom. The second-order valence-electron chi connectivity index (χ2n) is 6.66. The highest BCUT2D eigenvalue weighted by atomic mass is 19.1. The summed E-state index contributed by atoms with van der Waals surface area (Å²) in [7, 11) is 0. The van der Waals surface area contributed by atoms with Crippen LogP contribution >= 0.6 is 0 Å². The number of benzene rings is 1. The number of amides is 1. The maximum atomic E-state index is 13.4. The SMILES string of the molecule is Cc1ccc(F)cc1C(=O)N1CCC([C@@H]2OCCC2C(=O)O)CC1. The molecule has 0 radical (unpaired) electrons. The average molecular weight is 335 g/mol. The van der Waals surface area contributed by atoms with Crippen LogP contribution in [0.4, 0.5) is 4.39 Å². The van der Waals surface area contributed by atoms with E-state index in [1.54, 1.807) is 17.9 Å². The highest BCUT2D eigenvalue weighted by Gasteiger charge is 2.40. The van der Waals surface area contributed by atoms with Gasteiger partial charge in [0.05, 0.1) is 12.0 Å². The molecule has 1 aromatic rings. The molecule has 0 spiro atoms. The maximum absolute atomic E-state index is 13.4. The molecular weight excluding hydrogens is 313 g/mol. The van der Waals surface area contributed by atoms with Gasteiger partial charge in [0, 0.05) is 25.3 Å². The van der Waals surface area contributed by atoms with E-state index in [1.165, 1.54) is 12.1 Å². The summed E-state index contributed by atoms with van der Waals surface area (Å²) < 4.78 is 19.1. The zero-order chi connectivity index (χ0) is 17.3. The zero-order valence-corrected chi connectivity index (χ0v) is 13.7. The Labute approximate surface area is 140 Å². The molecule has 2 aliphatic rings. The van der Waals surface area contributed by atoms with E-state index < -0.39 is 17.7 Å². The summed E-state index contributed by atoms with van der Waals surface area (Å²) in [6, 6.07) is 4.24. The lowest BCUT2D eigenvalue weighted by molar-refractivity contribution is -0.145. The van der Waals surface area contributed by atoms with Crippen molar-refractivity contribution in [3.8, 4) is 0 Å². The molecule has 2 heterocycles. The topological polar surface area (TPSA) is 66.8 Å². The number of aryl methyl sites for hydroxylation is 1. The zero-order valence-electron chi connectivity index (χ0n) is 13.7. The van der Waals surface area contributed by atoms with E-state index in [0.29, 0.717) is 44.5 Å². The lowest BCUT2D eigenvalue weighted by atomic mass is 9.84. The summed E-state index contributed by atoms with van der Waals surface area (Å²) >= 11 is 0. The first kappa shape index (κ1) is 16.9. The van der Waals surface area contributed by atoms with Gasteiger partial charge < -0.3 is 14.7 Å². The molecule has 0 saturated carbocycles. The first-order chi connectivity index (χ1) is 11.5. The van der Waals surface area contributed by atoms with Gasteiger partial charge in [0.2, 0.25) is 0 Å². The van der Waals surface area contributed by atoms with Crippen molar-refractivity contribution >= 4 is 11.9 Å². The van der Waals surface area contributed by atoms with Crippen LogP contribution in [0.15, 0.2) is 18.2 Å². The van der Waals surface area contributed by atoms with E-state index >= 15 is 0 Å². The second kappa shape index (κ2) is 6.89. The number of ether oxygens (including phenoxy) is 1. The Morgan fingerprint density at radius 3 is 2.62 bits per heavy atom. The van der Waals surface area contributed by atoms with Crippen LogP contribution in [0.25, 0.3) is 0 Å². The third-order valence-electron chi connectivity index (χ3n) is 5.17. The van der Waals surface area contributed by atoms with Gasteiger partial charge in [0.25, 0.3) is 5.91 Å². The van der Waals surface area contributed by atoms with E-state index in [9.17, 15) is 19.1 Å². The molecule has 5 nitrogen and oxygen atoms in total. The van der Waals surface area contributed by atoms with Crippen molar-refractivity contribution in [1.82, 2.24) is 4.90 Å². The van der Waals surface area contributed by atoms with Gasteiger partial charge in [-0.3, -0.25) is 9.59 Å². The number of hydrogen-bond donors (Lipinski definition) is 1. The third kappa shape index (κ3) is 3.29. The number of halogens is 1. The van der Waals surface area contributed by atoms with Gasteiger partial charge in [0.1, 0.15) is 5.82 Å². The van der Waals surface area contributed by atoms with Crippen LogP contribution in [0.3, 0.4) is 0 Å². The largest absolute Gasteiger partial charge is 0.481 e. The van der Waals surface area contributed by atoms with E-state index in [4.69, 9.17) is 4.74 Å². The summed E-state index contributed by atoms with van der Waals surface area (Å²) in [5.74, 6) is -1.66. The van der Waals surface area contributed by atoms with Crippen molar-refractivity contribution in [3.63, 3.8) is 0 Å². The monoisotopic (exact) mass is 335 g/mol. The van der Waals surface area contributed by atoms with E-state index in [1.807, 2.05) is 0 Å². The number of aliphatic carboxylic acids is 1. The molecule has 1 unspecified atom stereocenters. The fourth-order valence-corrected chi connectivity index (χ4v) is 3.77. The molecule has 1 N–H and O–H groups in total. The van der Waals surface area contributed by atoms with Crippen LogP contribution in [0.1, 0.15) is 35.2 Å². The molecular formula is C18H22FNO4. The molecule has 2 aliphatic heterocycles. The maximum Gasteiger partial charge on any atom is 0.309 e. The molecule has 2 saturated heterocycles. The molecule has 0 bridgehead atoms. The second-order valence-corrected chi connectivity index (χ2v) is 6.66. The van der Waals surface area contributed by atoms with Crippen molar-refractivity contribution in [3.05, 3.63) is 35.1 Å². The number of carbonyl (C=O) groups is 2. The average Bonchev–Trinajstić information content (AvgIpc) is 3.06. The van der Waals surface area contributed by atoms with E-state index in [2.05, 4.69) is 0 Å². The van der Waals surface area contributed by atoms with E-state index in [0.717, 1.165) is 5.56 Å². The molecule has 1 aromatic carbocycles. The van der Waals surface area contributed by atoms with Crippen LogP contribution < -0.4 is 0 Å². The Morgan fingerprint density at radius 1 is 1.25 bits per heavy atom. The number of carbonyl (C=O) groups excluding carboxylic acids is 1. The van der Waals surface area contributed by atoms with Gasteiger partial charge in [-0.25, -0.2) is 4.39 Å². The highest BCUT2D eigenvalue weighted by molar-refractivity contribution is 5.95. The number of carboxylic acids is 1. The Bertz CT molecular complexity index is 640. The molecule has 24 heavy (non-hydrogen) atoms. The van der Waals surface area contributed by atoms with Crippen molar-refractivity contribution < 1.29 is 23.8 Å². The van der Waals surface area contributed by atoms with Gasteiger partial charge in [-0.2, -0.15) is 0 Å². The van der Waals surface area contributed by atoms with Crippen LogP contribution in [-0.4, -0.2) is 47.7 Å². The first-order valence-electron chi connectivity index (χ1n) is 8.37. The van der Waals surface area contributed by atoms with E-state index in [-0.39, 0.29) is 17.9 Å². The number of hydrogen-bond acceptors (Lipinski definition) is 3. The van der Waals surface area contributed by atoms with Crippen LogP contribution in [0, 0.1) is 24.6 Å². The minimum atomic E-state index is -0.800. The summed E-state index contributed by atoms with van der Waals surface area (Å²) in [6.07, 6.45) is 1.74. The van der Waals surface area contributed by atoms with Gasteiger partial charge in [0.15, 0.2) is 0 Å². The molecule has 1 amide bonds. The Balaban J connectivity index is 1.63. The number of rotatable bonds is 3. The summed E-state index contributed by atoms with van der Waals surface area (Å²) in [5.41, 5.74) is 1.16. The molecule has 0 aromatic heterocycles. The van der Waals surface area contributed by atoms with Gasteiger partial charge in [-0.05, 0) is 49.8 Å². The smallest absolute Gasteiger partial charge is 0.309 e. The standard InChI is InChI=1S/C18H22FNO4/c1-11-2-3-13(19)10-15(11)17(21)20-7-4-12(5-8-20)16-14(18(22)23)6-9-24-16/h2-3,10,12,14,16H,4-9H2,1H3,(H,22,23)/t14?,16-/m0/s1. The van der Waals surface area contributed by atoms with Crippen LogP contribution in [0.2, 0.25) is 0 Å². The predicted molar refractivity (Wildman–Crippen MR) is 85.2 cm³/mol. The minimum absolute atomic E-state index is 0.159. The van der Waals surface area contributed by atoms with Crippen molar-refractivity contribution in [1.29, 1.82) is 0 Å². The Kier molecular flexibility index (Phi) is 4.85. The minimum Gasteiger partial charge on any atom is -0.481 e. The summed E-state index contributed by atoms with van der Waals surface area (Å²) in [5, 5.41) is 9.28. The number of nitrogens with zero attached hydrogens (tertiary/aromatic N) is 1. The van der Waals surface area contributed by atoms with Crippen molar-refractivity contribution in [2.45, 2.75) is 32.3 Å². The fourth-order valence-electron chi connectivity index (χ4n) is 3.77. The lowest BCUT2D eigenvalue weighted by Crippen LogP contribution is -2.43. The van der Waals surface area contributed by atoms with Gasteiger partial charge in [-0.1, -0.05) is 6.07 Å². The lowest BCUT2D eigenvalue weighted by Gasteiger charge is -2.35. The van der Waals surface area contributed by atoms with Crippen LogP contribution in [0.5, 0.6) is 0 Å². The number of piperidine rings is 1. The van der Waals surface area contributed by atoms with Gasteiger partial charge >= 0.3 is 5.97 Å². The molecule has 2 fully saturated rings. The molecule has 6 heteroatoms. The van der Waals surface area contributed by atoms with Gasteiger partial charge in [-0.15, -0.1) is 0 Å². The summed E-state index contributed by atoms with van der Waals surface area (Å²) in [4.78, 5) is 25.6. The van der Waals surface area contributed by atoms with Crippen LogP contribution in [-0.2, 0) is 9.53 Å². The van der Waals surface area contributed by atoms with Crippen molar-refractivity contribution in [2.24, 2.45) is 11.8 Å². The quantitative estimate of drug-likeness (QED) is 0.921. The number of carboxylic acid groups (broad SMARTS) is 1. The predicted octanol–water partition coefficient (Wildman–Crippen LogP) is 2.48. The molecule has 2 atom stereocenters. The number of likely N-dealkylation sites (tertiary alicyclic amines) is 1. The van der Waals surface area contributed by atoms with Crippen molar-refractivity contribution in [2.75, 3.05) is 19.7 Å². The highest BCUT2D eigenvalue weighted by Crippen LogP contribution is 2.33. The third-order valence-corrected chi connectivity index (χ3v) is 5.17. The summed E-state index contributed by atoms with van der Waals surface area (Å²) in [6.45, 7) is 3.38.